The van der Waals surface area contributed by atoms with Gasteiger partial charge < -0.3 is 19.5 Å². The van der Waals surface area contributed by atoms with E-state index in [1.165, 1.54) is 5.56 Å². The third kappa shape index (κ3) is 7.41. The van der Waals surface area contributed by atoms with Crippen molar-refractivity contribution in [3.63, 3.8) is 0 Å². The van der Waals surface area contributed by atoms with Crippen molar-refractivity contribution in [3.8, 4) is 0 Å². The number of benzene rings is 3. The molecule has 3 aromatic rings. The predicted molar refractivity (Wildman–Crippen MR) is 124 cm³/mol. The molecule has 3 rings (SSSR count). The second kappa shape index (κ2) is 12.3. The first-order chi connectivity index (χ1) is 13.8. The minimum Gasteiger partial charge on any atom is -0.549 e. The van der Waals surface area contributed by atoms with Gasteiger partial charge in [-0.3, -0.25) is 0 Å². The third-order valence-corrected chi connectivity index (χ3v) is 4.79. The molecule has 1 atom stereocenters. The number of carboxylic acid groups (broad SMARTS) is 1. The smallest absolute Gasteiger partial charge is 0.137 e. The van der Waals surface area contributed by atoms with Crippen LogP contribution in [0, 0.1) is 0 Å². The van der Waals surface area contributed by atoms with Crippen molar-refractivity contribution < 1.29 is 19.5 Å². The Kier molecular flexibility index (Phi) is 10.5. The van der Waals surface area contributed by atoms with Crippen LogP contribution < -0.4 is 5.11 Å². The van der Waals surface area contributed by atoms with E-state index in [1.54, 1.807) is 24.3 Å². The van der Waals surface area contributed by atoms with Gasteiger partial charge in [-0.1, -0.05) is 91.0 Å². The predicted octanol–water partition coefficient (Wildman–Crippen LogP) is 3.57. The zero-order chi connectivity index (χ0) is 21.3. The minimum absolute atomic E-state index is 0. The number of quaternary nitrogens is 1. The lowest BCUT2D eigenvalue weighted by Gasteiger charge is -2.33. The van der Waals surface area contributed by atoms with E-state index in [0.29, 0.717) is 0 Å². The molecule has 0 fully saturated rings. The molecule has 1 unspecified atom stereocenters. The molecule has 0 aliphatic rings. The fraction of sp³-hybridized carbons (Fsp3) is 0.240. The summed E-state index contributed by atoms with van der Waals surface area (Å²) in [5, 5.41) is 20.5. The number of likely N-dealkylation sites (N-methyl/N-ethyl adjacent to an activating group) is 1. The Bertz CT molecular complexity index is 826. The number of aliphatic hydroxyl groups is 1. The molecule has 0 amide bonds. The Balaban J connectivity index is 0.000000297. The summed E-state index contributed by atoms with van der Waals surface area (Å²) < 4.78 is 0.751. The number of hydrogen-bond donors (Lipinski definition) is 1. The number of carbonyl (C=O) groups excluding carboxylic acids is 1. The molecule has 0 spiro atoms. The highest BCUT2D eigenvalue weighted by atomic mass is 79.9. The van der Waals surface area contributed by atoms with Gasteiger partial charge in [0.2, 0.25) is 0 Å². The molecule has 5 heteroatoms. The summed E-state index contributed by atoms with van der Waals surface area (Å²) in [4.78, 5) is 11.2. The first-order valence-electron chi connectivity index (χ1n) is 9.62. The van der Waals surface area contributed by atoms with Crippen LogP contribution in [0.15, 0.2) is 91.0 Å². The maximum Gasteiger partial charge on any atom is 0.137 e. The number of carbonyl (C=O) groups is 1. The zero-order valence-corrected chi connectivity index (χ0v) is 19.4. The number of nitrogens with zero attached hydrogens (tertiary/aromatic N) is 1. The van der Waals surface area contributed by atoms with E-state index in [0.717, 1.165) is 15.6 Å². The first-order valence-corrected chi connectivity index (χ1v) is 9.62. The fourth-order valence-corrected chi connectivity index (χ4v) is 3.23. The van der Waals surface area contributed by atoms with Crippen molar-refractivity contribution in [3.05, 3.63) is 108 Å². The fourth-order valence-electron chi connectivity index (χ4n) is 3.23. The largest absolute Gasteiger partial charge is 0.549 e. The molecule has 0 bridgehead atoms. The van der Waals surface area contributed by atoms with Crippen molar-refractivity contribution in [2.45, 2.75) is 12.0 Å². The normalized spacial score (nSPS) is 11.6. The minimum atomic E-state index is -1.07. The first kappa shape index (κ1) is 25.6. The summed E-state index contributed by atoms with van der Waals surface area (Å²) in [6, 6.07) is 28.5. The van der Waals surface area contributed by atoms with Crippen LogP contribution in [0.2, 0.25) is 0 Å². The van der Waals surface area contributed by atoms with E-state index in [1.807, 2.05) is 54.6 Å². The Morgan fingerprint density at radius 1 is 0.767 bits per heavy atom. The lowest BCUT2D eigenvalue weighted by atomic mass is 9.92. The second-order valence-corrected chi connectivity index (χ2v) is 7.80. The number of carboxylic acids is 1. The van der Waals surface area contributed by atoms with Crippen LogP contribution in [0.1, 0.15) is 28.7 Å². The third-order valence-electron chi connectivity index (χ3n) is 4.79. The molecule has 0 aliphatic carbocycles. The Labute approximate surface area is 189 Å². The molecular weight excluding hydrogens is 442 g/mol. The van der Waals surface area contributed by atoms with Crippen molar-refractivity contribution in [1.29, 1.82) is 0 Å². The topological polar surface area (TPSA) is 60.4 Å². The van der Waals surface area contributed by atoms with Gasteiger partial charge in [0.25, 0.3) is 0 Å². The molecule has 3 aromatic carbocycles. The van der Waals surface area contributed by atoms with Crippen molar-refractivity contribution >= 4 is 23.0 Å². The lowest BCUT2D eigenvalue weighted by Crippen LogP contribution is -2.40. The standard InChI is InChI=1S/C14H12O2.C11H18NO.BrH/c15-14(16)13(11-7-3-1-4-8-11)12-9-5-2-6-10-12;1-12(2,3)11(9-13)10-7-5-4-6-8-10;/h1-10,13H,(H,15,16);4-8,11,13H,9H2,1-3H3;1H/q;+1;/p-1. The summed E-state index contributed by atoms with van der Waals surface area (Å²) in [6.45, 7) is 0.188. The monoisotopic (exact) mass is 471 g/mol. The maximum absolute atomic E-state index is 11.2. The highest BCUT2D eigenvalue weighted by Gasteiger charge is 2.24. The van der Waals surface area contributed by atoms with Gasteiger partial charge in [-0.2, -0.15) is 0 Å². The molecule has 30 heavy (non-hydrogen) atoms. The van der Waals surface area contributed by atoms with Crippen molar-refractivity contribution in [1.82, 2.24) is 0 Å². The molecule has 4 nitrogen and oxygen atoms in total. The maximum atomic E-state index is 11.2. The Hall–Kier alpha value is -2.47. The van der Waals surface area contributed by atoms with Gasteiger partial charge in [-0.15, -0.1) is 17.0 Å². The van der Waals surface area contributed by atoms with Crippen molar-refractivity contribution in [2.75, 3.05) is 27.7 Å². The zero-order valence-electron chi connectivity index (χ0n) is 17.6. The van der Waals surface area contributed by atoms with Gasteiger partial charge >= 0.3 is 0 Å². The summed E-state index contributed by atoms with van der Waals surface area (Å²) in [6.07, 6.45) is 0. The average molecular weight is 472 g/mol. The molecule has 0 radical (unpaired) electrons. The average Bonchev–Trinajstić information content (AvgIpc) is 2.70. The van der Waals surface area contributed by atoms with Crippen LogP contribution in [0.4, 0.5) is 0 Å². The molecule has 0 aromatic heterocycles. The number of rotatable bonds is 6. The molecule has 0 aliphatic heterocycles. The summed E-state index contributed by atoms with van der Waals surface area (Å²) in [7, 11) is 6.27. The summed E-state index contributed by atoms with van der Waals surface area (Å²) in [5.74, 6) is -1.76. The molecule has 0 saturated carbocycles. The Morgan fingerprint density at radius 3 is 1.37 bits per heavy atom. The summed E-state index contributed by atoms with van der Waals surface area (Å²) >= 11 is 0. The SMILES string of the molecule is Br.C[N+](C)(C)C(CO)c1ccccc1.O=C([O-])C(c1ccccc1)c1ccccc1. The van der Waals surface area contributed by atoms with E-state index in [2.05, 4.69) is 33.3 Å². The van der Waals surface area contributed by atoms with E-state index in [4.69, 9.17) is 0 Å². The van der Waals surface area contributed by atoms with Gasteiger partial charge in [0.1, 0.15) is 6.04 Å². The van der Waals surface area contributed by atoms with Crippen LogP contribution in [0.25, 0.3) is 0 Å². The van der Waals surface area contributed by atoms with Crippen LogP contribution in [-0.4, -0.2) is 43.3 Å². The quantitative estimate of drug-likeness (QED) is 0.558. The van der Waals surface area contributed by atoms with E-state index < -0.39 is 11.9 Å². The second-order valence-electron chi connectivity index (χ2n) is 7.80. The number of aliphatic carboxylic acids is 1. The van der Waals surface area contributed by atoms with Crippen LogP contribution >= 0.6 is 17.0 Å². The number of halogens is 1. The molecule has 0 heterocycles. The van der Waals surface area contributed by atoms with Gasteiger partial charge in [0.15, 0.2) is 0 Å². The molecule has 1 N–H and O–H groups in total. The molecular formula is C25H30BrNO3. The number of aliphatic hydroxyl groups excluding tert-OH is 1. The van der Waals surface area contributed by atoms with Gasteiger partial charge in [0.05, 0.1) is 33.7 Å². The summed E-state index contributed by atoms with van der Waals surface area (Å²) in [5.41, 5.74) is 2.68. The van der Waals surface area contributed by atoms with E-state index in [9.17, 15) is 15.0 Å². The van der Waals surface area contributed by atoms with E-state index in [-0.39, 0.29) is 29.6 Å². The Morgan fingerprint density at radius 2 is 1.10 bits per heavy atom. The van der Waals surface area contributed by atoms with Crippen LogP contribution in [0.3, 0.4) is 0 Å². The van der Waals surface area contributed by atoms with Crippen molar-refractivity contribution in [2.24, 2.45) is 0 Å². The number of hydrogen-bond acceptors (Lipinski definition) is 3. The molecule has 160 valence electrons. The van der Waals surface area contributed by atoms with Gasteiger partial charge in [-0.25, -0.2) is 0 Å². The van der Waals surface area contributed by atoms with E-state index >= 15 is 0 Å². The van der Waals surface area contributed by atoms with Crippen LogP contribution in [-0.2, 0) is 4.79 Å². The highest BCUT2D eigenvalue weighted by molar-refractivity contribution is 8.93. The molecule has 0 saturated heterocycles. The highest BCUT2D eigenvalue weighted by Crippen LogP contribution is 2.23. The van der Waals surface area contributed by atoms with Gasteiger partial charge in [0, 0.05) is 11.5 Å². The lowest BCUT2D eigenvalue weighted by molar-refractivity contribution is -0.902. The van der Waals surface area contributed by atoms with Gasteiger partial charge in [-0.05, 0) is 11.1 Å². The van der Waals surface area contributed by atoms with Crippen LogP contribution in [0.5, 0.6) is 0 Å².